The van der Waals surface area contributed by atoms with Crippen LogP contribution in [0.15, 0.2) is 10.8 Å². The van der Waals surface area contributed by atoms with Gasteiger partial charge in [0, 0.05) is 6.54 Å². The van der Waals surface area contributed by atoms with Gasteiger partial charge in [-0.05, 0) is 50.0 Å². The highest BCUT2D eigenvalue weighted by atomic mass is 79.9. The van der Waals surface area contributed by atoms with E-state index in [1.165, 1.54) is 0 Å². The second-order valence-corrected chi connectivity index (χ2v) is 6.32. The first kappa shape index (κ1) is 16.0. The van der Waals surface area contributed by atoms with Gasteiger partial charge in [-0.1, -0.05) is 6.92 Å². The van der Waals surface area contributed by atoms with E-state index in [0.29, 0.717) is 6.54 Å². The summed E-state index contributed by atoms with van der Waals surface area (Å²) in [5, 5.41) is 0. The van der Waals surface area contributed by atoms with E-state index in [1.807, 2.05) is 34.6 Å². The van der Waals surface area contributed by atoms with E-state index in [0.717, 1.165) is 16.8 Å². The van der Waals surface area contributed by atoms with Crippen molar-refractivity contribution >= 4 is 22.0 Å². The summed E-state index contributed by atoms with van der Waals surface area (Å²) in [6.07, 6.45) is 2.24. The van der Waals surface area contributed by atoms with Crippen LogP contribution in [0.3, 0.4) is 0 Å². The van der Waals surface area contributed by atoms with Crippen LogP contribution in [-0.4, -0.2) is 33.1 Å². The molecule has 0 bridgehead atoms. The number of H-pyrrole nitrogens is 1. The van der Waals surface area contributed by atoms with E-state index in [1.54, 1.807) is 11.1 Å². The standard InChI is InChI=1S/C13H22BrN3O2/c1-6-7-17(12(18)19-13(3,4)5)9(2)11-15-8-10(14)16-11/h8-9H,6-7H2,1-5H3,(H,15,16)/t9-/m0/s1. The van der Waals surface area contributed by atoms with E-state index in [4.69, 9.17) is 4.74 Å². The number of hydrogen-bond donors (Lipinski definition) is 1. The molecule has 0 fully saturated rings. The summed E-state index contributed by atoms with van der Waals surface area (Å²) in [6.45, 7) is 10.2. The average Bonchev–Trinajstić information content (AvgIpc) is 2.69. The Bertz CT molecular complexity index is 426. The predicted molar refractivity (Wildman–Crippen MR) is 77.9 cm³/mol. The molecule has 0 spiro atoms. The molecule has 1 aromatic rings. The molecule has 108 valence electrons. The maximum absolute atomic E-state index is 12.2. The minimum absolute atomic E-state index is 0.152. The zero-order valence-corrected chi connectivity index (χ0v) is 13.7. The van der Waals surface area contributed by atoms with Crippen molar-refractivity contribution in [3.05, 3.63) is 16.6 Å². The van der Waals surface area contributed by atoms with Gasteiger partial charge in [0.25, 0.3) is 0 Å². The second-order valence-electron chi connectivity index (χ2n) is 5.47. The molecule has 0 radical (unpaired) electrons. The molecular weight excluding hydrogens is 310 g/mol. The lowest BCUT2D eigenvalue weighted by atomic mass is 10.2. The number of halogens is 1. The Morgan fingerprint density at radius 1 is 1.58 bits per heavy atom. The van der Waals surface area contributed by atoms with Crippen molar-refractivity contribution in [3.8, 4) is 0 Å². The molecule has 0 saturated carbocycles. The maximum Gasteiger partial charge on any atom is 0.410 e. The molecule has 0 aliphatic rings. The largest absolute Gasteiger partial charge is 0.444 e. The van der Waals surface area contributed by atoms with Gasteiger partial charge in [-0.15, -0.1) is 0 Å². The topological polar surface area (TPSA) is 58.2 Å². The number of aromatic amines is 1. The van der Waals surface area contributed by atoms with Gasteiger partial charge in [-0.3, -0.25) is 4.90 Å². The molecule has 19 heavy (non-hydrogen) atoms. The molecule has 1 heterocycles. The Hall–Kier alpha value is -1.04. The van der Waals surface area contributed by atoms with Gasteiger partial charge in [0.15, 0.2) is 0 Å². The van der Waals surface area contributed by atoms with Crippen LogP contribution in [0.4, 0.5) is 4.79 Å². The molecule has 0 unspecified atom stereocenters. The highest BCUT2D eigenvalue weighted by Crippen LogP contribution is 2.22. The Morgan fingerprint density at radius 3 is 2.63 bits per heavy atom. The highest BCUT2D eigenvalue weighted by molar-refractivity contribution is 9.10. The molecule has 1 rings (SSSR count). The van der Waals surface area contributed by atoms with Crippen molar-refractivity contribution in [2.75, 3.05) is 6.54 Å². The van der Waals surface area contributed by atoms with E-state index in [9.17, 15) is 4.79 Å². The maximum atomic E-state index is 12.2. The first-order valence-corrected chi connectivity index (χ1v) is 7.24. The number of nitrogens with zero attached hydrogens (tertiary/aromatic N) is 2. The first-order valence-electron chi connectivity index (χ1n) is 6.44. The third kappa shape index (κ3) is 4.86. The smallest absolute Gasteiger partial charge is 0.410 e. The van der Waals surface area contributed by atoms with Crippen molar-refractivity contribution in [1.82, 2.24) is 14.9 Å². The summed E-state index contributed by atoms with van der Waals surface area (Å²) < 4.78 is 6.24. The van der Waals surface area contributed by atoms with Crippen LogP contribution in [0.25, 0.3) is 0 Å². The monoisotopic (exact) mass is 331 g/mol. The molecule has 6 heteroatoms. The molecule has 5 nitrogen and oxygen atoms in total. The highest BCUT2D eigenvalue weighted by Gasteiger charge is 2.27. The number of amides is 1. The fraction of sp³-hybridized carbons (Fsp3) is 0.692. The molecular formula is C13H22BrN3O2. The fourth-order valence-corrected chi connectivity index (χ4v) is 1.98. The van der Waals surface area contributed by atoms with Crippen molar-refractivity contribution in [1.29, 1.82) is 0 Å². The van der Waals surface area contributed by atoms with E-state index in [-0.39, 0.29) is 12.1 Å². The van der Waals surface area contributed by atoms with Crippen LogP contribution in [0.2, 0.25) is 0 Å². The van der Waals surface area contributed by atoms with Crippen LogP contribution >= 0.6 is 15.9 Å². The molecule has 1 aromatic heterocycles. The second kappa shape index (κ2) is 6.41. The summed E-state index contributed by atoms with van der Waals surface area (Å²) in [5.41, 5.74) is -0.494. The van der Waals surface area contributed by atoms with Crippen molar-refractivity contribution in [3.63, 3.8) is 0 Å². The molecule has 1 N–H and O–H groups in total. The molecule has 0 aliphatic carbocycles. The Kier molecular flexibility index (Phi) is 5.40. The summed E-state index contributed by atoms with van der Waals surface area (Å²) >= 11 is 3.32. The van der Waals surface area contributed by atoms with Gasteiger partial charge in [0.2, 0.25) is 0 Å². The van der Waals surface area contributed by atoms with E-state index < -0.39 is 5.60 Å². The van der Waals surface area contributed by atoms with Crippen LogP contribution in [0.5, 0.6) is 0 Å². The molecule has 0 aromatic carbocycles. The Morgan fingerprint density at radius 2 is 2.21 bits per heavy atom. The Balaban J connectivity index is 2.84. The molecule has 0 saturated heterocycles. The fourth-order valence-electron chi connectivity index (χ4n) is 1.68. The lowest BCUT2D eigenvalue weighted by molar-refractivity contribution is 0.0166. The number of carbonyl (C=O) groups is 1. The molecule has 1 atom stereocenters. The number of hydrogen-bond acceptors (Lipinski definition) is 3. The first-order chi connectivity index (χ1) is 8.74. The summed E-state index contributed by atoms with van der Waals surface area (Å²) in [4.78, 5) is 21.2. The van der Waals surface area contributed by atoms with Crippen molar-refractivity contribution in [2.45, 2.75) is 52.7 Å². The minimum Gasteiger partial charge on any atom is -0.444 e. The quantitative estimate of drug-likeness (QED) is 0.910. The minimum atomic E-state index is -0.494. The summed E-state index contributed by atoms with van der Waals surface area (Å²) in [7, 11) is 0. The van der Waals surface area contributed by atoms with E-state index >= 15 is 0 Å². The van der Waals surface area contributed by atoms with Crippen LogP contribution in [-0.2, 0) is 4.74 Å². The Labute approximate surface area is 122 Å². The van der Waals surface area contributed by atoms with Crippen LogP contribution in [0.1, 0.15) is 52.9 Å². The lowest BCUT2D eigenvalue weighted by Gasteiger charge is -2.30. The number of rotatable bonds is 4. The van der Waals surface area contributed by atoms with Gasteiger partial charge >= 0.3 is 6.09 Å². The van der Waals surface area contributed by atoms with Gasteiger partial charge in [0.05, 0.1) is 12.2 Å². The number of imidazole rings is 1. The number of ether oxygens (including phenoxy) is 1. The summed E-state index contributed by atoms with van der Waals surface area (Å²) in [6, 6.07) is -0.152. The lowest BCUT2D eigenvalue weighted by Crippen LogP contribution is -2.39. The zero-order chi connectivity index (χ0) is 14.6. The molecule has 1 amide bonds. The number of aromatic nitrogens is 2. The van der Waals surface area contributed by atoms with Crippen LogP contribution < -0.4 is 0 Å². The normalized spacial score (nSPS) is 13.2. The van der Waals surface area contributed by atoms with Crippen LogP contribution in [0, 0.1) is 0 Å². The molecule has 0 aliphatic heterocycles. The third-order valence-corrected chi connectivity index (χ3v) is 2.92. The SMILES string of the molecule is CCCN(C(=O)OC(C)(C)C)[C@@H](C)c1ncc(Br)[nH]1. The van der Waals surface area contributed by atoms with Gasteiger partial charge < -0.3 is 9.72 Å². The number of carbonyl (C=O) groups excluding carboxylic acids is 1. The predicted octanol–water partition coefficient (Wildman–Crippen LogP) is 3.88. The van der Waals surface area contributed by atoms with Crippen molar-refractivity contribution in [2.24, 2.45) is 0 Å². The van der Waals surface area contributed by atoms with E-state index in [2.05, 4.69) is 25.9 Å². The van der Waals surface area contributed by atoms with Gasteiger partial charge in [0.1, 0.15) is 16.0 Å². The summed E-state index contributed by atoms with van der Waals surface area (Å²) in [5.74, 6) is 0.742. The zero-order valence-electron chi connectivity index (χ0n) is 12.2. The van der Waals surface area contributed by atoms with Gasteiger partial charge in [-0.25, -0.2) is 9.78 Å². The third-order valence-electron chi connectivity index (χ3n) is 2.52. The number of nitrogens with one attached hydrogen (secondary N) is 1. The average molecular weight is 332 g/mol. The van der Waals surface area contributed by atoms with Gasteiger partial charge in [-0.2, -0.15) is 0 Å². The van der Waals surface area contributed by atoms with Crippen molar-refractivity contribution < 1.29 is 9.53 Å².